The normalized spacial score (nSPS) is 19.9. The maximum Gasteiger partial charge on any atom is 0.243 e. The molecule has 1 N–H and O–H groups in total. The molecule has 2 saturated heterocycles. The Labute approximate surface area is 208 Å². The quantitative estimate of drug-likeness (QED) is 0.637. The number of hydrogen-bond acceptors (Lipinski definition) is 4. The van der Waals surface area contributed by atoms with E-state index in [1.54, 1.807) is 24.3 Å². The molecule has 0 aromatic heterocycles. The Balaban J connectivity index is 1.26. The van der Waals surface area contributed by atoms with Crippen molar-refractivity contribution in [3.05, 3.63) is 65.7 Å². The maximum atomic E-state index is 13.2. The van der Waals surface area contributed by atoms with Crippen molar-refractivity contribution >= 4 is 21.8 Å². The first-order chi connectivity index (χ1) is 16.8. The van der Waals surface area contributed by atoms with Crippen LogP contribution in [0.5, 0.6) is 0 Å². The second-order valence-corrected chi connectivity index (χ2v) is 11.6. The number of rotatable bonds is 7. The van der Waals surface area contributed by atoms with Gasteiger partial charge in [0.2, 0.25) is 21.8 Å². The highest BCUT2D eigenvalue weighted by molar-refractivity contribution is 7.89. The second kappa shape index (κ2) is 11.4. The minimum absolute atomic E-state index is 0.0109. The van der Waals surface area contributed by atoms with Gasteiger partial charge in [-0.3, -0.25) is 9.59 Å². The largest absolute Gasteiger partial charge is 0.356 e. The number of aryl methyl sites for hydroxylation is 1. The van der Waals surface area contributed by atoms with Gasteiger partial charge in [0.15, 0.2) is 0 Å². The standard InChI is InChI=1S/C27H35N3O4S/c1-21-9-11-25(12-10-21)35(33,34)30-17-5-8-24(20-30)27(32)29-18-14-23(15-19-29)26(31)28-16-13-22-6-3-2-4-7-22/h2-4,6-7,9-12,23-24H,5,8,13-20H2,1H3,(H,28,31). The Morgan fingerprint density at radius 2 is 1.60 bits per heavy atom. The first-order valence-corrected chi connectivity index (χ1v) is 14.0. The van der Waals surface area contributed by atoms with E-state index in [9.17, 15) is 18.0 Å². The first-order valence-electron chi connectivity index (χ1n) is 12.5. The molecule has 2 heterocycles. The summed E-state index contributed by atoms with van der Waals surface area (Å²) in [6.07, 6.45) is 3.44. The van der Waals surface area contributed by atoms with E-state index < -0.39 is 10.0 Å². The number of nitrogens with zero attached hydrogens (tertiary/aromatic N) is 2. The zero-order valence-corrected chi connectivity index (χ0v) is 21.2. The minimum atomic E-state index is -3.62. The summed E-state index contributed by atoms with van der Waals surface area (Å²) in [5.74, 6) is -0.349. The third-order valence-corrected chi connectivity index (χ3v) is 9.00. The van der Waals surface area contributed by atoms with E-state index in [4.69, 9.17) is 0 Å². The van der Waals surface area contributed by atoms with E-state index >= 15 is 0 Å². The van der Waals surface area contributed by atoms with Gasteiger partial charge in [0.05, 0.1) is 10.8 Å². The summed E-state index contributed by atoms with van der Waals surface area (Å²) in [6, 6.07) is 16.9. The van der Waals surface area contributed by atoms with E-state index in [0.29, 0.717) is 51.9 Å². The Morgan fingerprint density at radius 1 is 0.914 bits per heavy atom. The predicted octanol–water partition coefficient (Wildman–Crippen LogP) is 2.99. The summed E-state index contributed by atoms with van der Waals surface area (Å²) in [6.45, 7) is 4.26. The van der Waals surface area contributed by atoms with E-state index in [1.807, 2.05) is 30.0 Å². The maximum absolute atomic E-state index is 13.2. The lowest BCUT2D eigenvalue weighted by atomic mass is 9.93. The summed E-state index contributed by atoms with van der Waals surface area (Å²) in [5, 5.41) is 3.03. The van der Waals surface area contributed by atoms with Crippen LogP contribution in [-0.4, -0.2) is 62.2 Å². The van der Waals surface area contributed by atoms with Crippen molar-refractivity contribution in [1.29, 1.82) is 0 Å². The third-order valence-electron chi connectivity index (χ3n) is 7.13. The monoisotopic (exact) mass is 497 g/mol. The van der Waals surface area contributed by atoms with Crippen LogP contribution in [0, 0.1) is 18.8 Å². The zero-order chi connectivity index (χ0) is 24.8. The Kier molecular flexibility index (Phi) is 8.23. The zero-order valence-electron chi connectivity index (χ0n) is 20.4. The molecule has 2 fully saturated rings. The number of benzene rings is 2. The number of amides is 2. The summed E-state index contributed by atoms with van der Waals surface area (Å²) in [4.78, 5) is 27.9. The van der Waals surface area contributed by atoms with Crippen LogP contribution in [-0.2, 0) is 26.0 Å². The van der Waals surface area contributed by atoms with Gasteiger partial charge in [-0.1, -0.05) is 48.0 Å². The molecule has 0 radical (unpaired) electrons. The minimum Gasteiger partial charge on any atom is -0.356 e. The van der Waals surface area contributed by atoms with Gasteiger partial charge in [-0.05, 0) is 56.7 Å². The summed E-state index contributed by atoms with van der Waals surface area (Å²) in [5.41, 5.74) is 2.20. The molecule has 188 valence electrons. The molecule has 8 heteroatoms. The van der Waals surface area contributed by atoms with E-state index in [0.717, 1.165) is 12.0 Å². The highest BCUT2D eigenvalue weighted by Crippen LogP contribution is 2.27. The number of sulfonamides is 1. The van der Waals surface area contributed by atoms with Gasteiger partial charge >= 0.3 is 0 Å². The van der Waals surface area contributed by atoms with Crippen molar-refractivity contribution in [2.75, 3.05) is 32.7 Å². The van der Waals surface area contributed by atoms with Crippen LogP contribution < -0.4 is 5.32 Å². The second-order valence-electron chi connectivity index (χ2n) is 9.64. The van der Waals surface area contributed by atoms with Crippen LogP contribution in [0.2, 0.25) is 0 Å². The average Bonchev–Trinajstić information content (AvgIpc) is 2.89. The topological polar surface area (TPSA) is 86.8 Å². The summed E-state index contributed by atoms with van der Waals surface area (Å²) < 4.78 is 27.6. The van der Waals surface area contributed by atoms with E-state index in [1.165, 1.54) is 9.87 Å². The lowest BCUT2D eigenvalue weighted by molar-refractivity contribution is -0.140. The molecule has 2 amide bonds. The molecule has 0 bridgehead atoms. The van der Waals surface area contributed by atoms with E-state index in [2.05, 4.69) is 17.4 Å². The molecule has 1 atom stereocenters. The van der Waals surface area contributed by atoms with Gasteiger partial charge < -0.3 is 10.2 Å². The Bertz CT molecular complexity index is 1110. The van der Waals surface area contributed by atoms with Gasteiger partial charge in [0, 0.05) is 38.6 Å². The number of nitrogens with one attached hydrogen (secondary N) is 1. The highest BCUT2D eigenvalue weighted by atomic mass is 32.2. The molecule has 2 aromatic rings. The van der Waals surface area contributed by atoms with Gasteiger partial charge in [-0.25, -0.2) is 8.42 Å². The fraction of sp³-hybridized carbons (Fsp3) is 0.481. The molecular weight excluding hydrogens is 462 g/mol. The van der Waals surface area contributed by atoms with Crippen LogP contribution in [0.25, 0.3) is 0 Å². The highest BCUT2D eigenvalue weighted by Gasteiger charge is 2.36. The predicted molar refractivity (Wildman–Crippen MR) is 135 cm³/mol. The fourth-order valence-corrected chi connectivity index (χ4v) is 6.48. The van der Waals surface area contributed by atoms with Crippen molar-refractivity contribution in [2.24, 2.45) is 11.8 Å². The lowest BCUT2D eigenvalue weighted by Gasteiger charge is -2.37. The molecule has 0 saturated carbocycles. The van der Waals surface area contributed by atoms with Crippen molar-refractivity contribution in [1.82, 2.24) is 14.5 Å². The Morgan fingerprint density at radius 3 is 2.29 bits per heavy atom. The number of hydrogen-bond donors (Lipinski definition) is 1. The first kappa shape index (κ1) is 25.4. The SMILES string of the molecule is Cc1ccc(S(=O)(=O)N2CCCC(C(=O)N3CCC(C(=O)NCCc4ccccc4)CC3)C2)cc1. The number of carbonyl (C=O) groups excluding carboxylic acids is 2. The van der Waals surface area contributed by atoms with Gasteiger partial charge in [0.1, 0.15) is 0 Å². The Hall–Kier alpha value is -2.71. The molecular formula is C27H35N3O4S. The van der Waals surface area contributed by atoms with Crippen LogP contribution in [0.3, 0.4) is 0 Å². The average molecular weight is 498 g/mol. The summed E-state index contributed by atoms with van der Waals surface area (Å²) >= 11 is 0. The molecule has 35 heavy (non-hydrogen) atoms. The molecule has 2 aromatic carbocycles. The fourth-order valence-electron chi connectivity index (χ4n) is 4.96. The van der Waals surface area contributed by atoms with Crippen LogP contribution in [0.15, 0.2) is 59.5 Å². The molecule has 2 aliphatic rings. The van der Waals surface area contributed by atoms with Crippen molar-refractivity contribution in [3.8, 4) is 0 Å². The smallest absolute Gasteiger partial charge is 0.243 e. The molecule has 2 aliphatic heterocycles. The number of carbonyl (C=O) groups is 2. The van der Waals surface area contributed by atoms with Gasteiger partial charge in [-0.2, -0.15) is 4.31 Å². The van der Waals surface area contributed by atoms with Gasteiger partial charge in [-0.15, -0.1) is 0 Å². The molecule has 0 spiro atoms. The van der Waals surface area contributed by atoms with Crippen LogP contribution in [0.4, 0.5) is 0 Å². The number of likely N-dealkylation sites (tertiary alicyclic amines) is 1. The van der Waals surface area contributed by atoms with Crippen LogP contribution in [0.1, 0.15) is 36.8 Å². The molecule has 4 rings (SSSR count). The molecule has 0 aliphatic carbocycles. The van der Waals surface area contributed by atoms with Crippen molar-refractivity contribution in [3.63, 3.8) is 0 Å². The van der Waals surface area contributed by atoms with Gasteiger partial charge in [0.25, 0.3) is 0 Å². The van der Waals surface area contributed by atoms with E-state index in [-0.39, 0.29) is 35.1 Å². The summed E-state index contributed by atoms with van der Waals surface area (Å²) in [7, 11) is -3.62. The third kappa shape index (κ3) is 6.30. The molecule has 1 unspecified atom stereocenters. The van der Waals surface area contributed by atoms with Crippen molar-refractivity contribution in [2.45, 2.75) is 43.9 Å². The van der Waals surface area contributed by atoms with Crippen molar-refractivity contribution < 1.29 is 18.0 Å². The lowest BCUT2D eigenvalue weighted by Crippen LogP contribution is -2.49. The van der Waals surface area contributed by atoms with Crippen LogP contribution >= 0.6 is 0 Å². The molecule has 7 nitrogen and oxygen atoms in total. The number of piperidine rings is 2.